The molecule has 0 heterocycles. The van der Waals surface area contributed by atoms with E-state index < -0.39 is 23.9 Å². The lowest BCUT2D eigenvalue weighted by Gasteiger charge is -2.14. The molecule has 0 fully saturated rings. The van der Waals surface area contributed by atoms with Crippen LogP contribution in [0.5, 0.6) is 0 Å². The molecule has 1 unspecified atom stereocenters. The van der Waals surface area contributed by atoms with Crippen LogP contribution in [0.1, 0.15) is 22.8 Å². The molecule has 0 radical (unpaired) electrons. The largest absolute Gasteiger partial charge is 0.451 e. The van der Waals surface area contributed by atoms with Gasteiger partial charge in [0.1, 0.15) is 6.54 Å². The Labute approximate surface area is 173 Å². The third-order valence-electron chi connectivity index (χ3n) is 3.80. The van der Waals surface area contributed by atoms with E-state index in [9.17, 15) is 14.4 Å². The molecule has 0 aliphatic carbocycles. The van der Waals surface area contributed by atoms with Gasteiger partial charge in [-0.25, -0.2) is 0 Å². The second kappa shape index (κ2) is 10.7. The normalized spacial score (nSPS) is 11.4. The molecule has 0 bridgehead atoms. The van der Waals surface area contributed by atoms with Crippen molar-refractivity contribution in [1.82, 2.24) is 10.6 Å². The zero-order valence-corrected chi connectivity index (χ0v) is 16.7. The third-order valence-corrected chi connectivity index (χ3v) is 4.35. The Morgan fingerprint density at radius 2 is 1.75 bits per heavy atom. The summed E-state index contributed by atoms with van der Waals surface area (Å²) < 4.78 is 5.03. The van der Waals surface area contributed by atoms with Gasteiger partial charge in [0, 0.05) is 11.6 Å². The fraction of sp³-hybridized carbons (Fsp3) is 0.250. The predicted molar refractivity (Wildman–Crippen MR) is 108 cm³/mol. The smallest absolute Gasteiger partial charge is 0.326 e. The van der Waals surface area contributed by atoms with Crippen molar-refractivity contribution in [2.75, 3.05) is 13.1 Å². The first-order chi connectivity index (χ1) is 13.4. The molecular formula is C20H20Cl2N2O4. The summed E-state index contributed by atoms with van der Waals surface area (Å²) in [6.45, 7) is 1.50. The van der Waals surface area contributed by atoms with Gasteiger partial charge >= 0.3 is 5.97 Å². The van der Waals surface area contributed by atoms with E-state index in [2.05, 4.69) is 10.6 Å². The molecule has 0 aliphatic rings. The molecule has 6 nitrogen and oxygen atoms in total. The van der Waals surface area contributed by atoms with Crippen molar-refractivity contribution in [3.8, 4) is 0 Å². The van der Waals surface area contributed by atoms with Crippen molar-refractivity contribution in [2.45, 2.75) is 19.4 Å². The van der Waals surface area contributed by atoms with Gasteiger partial charge in [0.2, 0.25) is 0 Å². The number of halogens is 2. The zero-order valence-electron chi connectivity index (χ0n) is 15.2. The van der Waals surface area contributed by atoms with Crippen molar-refractivity contribution < 1.29 is 19.1 Å². The number of benzene rings is 2. The minimum absolute atomic E-state index is 0.171. The summed E-state index contributed by atoms with van der Waals surface area (Å²) in [5.41, 5.74) is 1.28. The lowest BCUT2D eigenvalue weighted by Crippen LogP contribution is -2.39. The van der Waals surface area contributed by atoms with Crippen LogP contribution in [-0.4, -0.2) is 37.0 Å². The van der Waals surface area contributed by atoms with Gasteiger partial charge in [-0.2, -0.15) is 0 Å². The molecule has 28 heavy (non-hydrogen) atoms. The van der Waals surface area contributed by atoms with Crippen LogP contribution in [0.25, 0.3) is 0 Å². The Bertz CT molecular complexity index is 843. The van der Waals surface area contributed by atoms with E-state index in [1.54, 1.807) is 0 Å². The zero-order chi connectivity index (χ0) is 20.5. The quantitative estimate of drug-likeness (QED) is 0.640. The van der Waals surface area contributed by atoms with Gasteiger partial charge in [-0.1, -0.05) is 53.5 Å². The number of nitrogens with one attached hydrogen (secondary N) is 2. The highest BCUT2D eigenvalue weighted by atomic mass is 35.5. The molecule has 2 aromatic carbocycles. The van der Waals surface area contributed by atoms with Crippen molar-refractivity contribution in [2.24, 2.45) is 0 Å². The molecule has 0 aromatic heterocycles. The molecule has 0 saturated heterocycles. The fourth-order valence-electron chi connectivity index (χ4n) is 2.33. The summed E-state index contributed by atoms with van der Waals surface area (Å²) in [5.74, 6) is -1.68. The van der Waals surface area contributed by atoms with Crippen LogP contribution in [0.4, 0.5) is 0 Å². The van der Waals surface area contributed by atoms with Crippen LogP contribution >= 0.6 is 23.2 Å². The molecule has 148 valence electrons. The first-order valence-corrected chi connectivity index (χ1v) is 9.37. The van der Waals surface area contributed by atoms with Crippen LogP contribution in [0.15, 0.2) is 48.5 Å². The minimum Gasteiger partial charge on any atom is -0.451 e. The van der Waals surface area contributed by atoms with E-state index in [0.717, 1.165) is 5.56 Å². The Kier molecular flexibility index (Phi) is 8.29. The average Bonchev–Trinajstić information content (AvgIpc) is 2.66. The Morgan fingerprint density at radius 1 is 1.04 bits per heavy atom. The van der Waals surface area contributed by atoms with E-state index in [-0.39, 0.29) is 17.1 Å². The highest BCUT2D eigenvalue weighted by Crippen LogP contribution is 2.20. The van der Waals surface area contributed by atoms with Gasteiger partial charge < -0.3 is 15.4 Å². The number of amides is 2. The number of carbonyl (C=O) groups is 3. The standard InChI is InChI=1S/C20H20Cl2N2O4/c1-13(19(26)23-10-9-14-5-3-2-4-6-14)28-18(25)12-24-20(27)16-8-7-15(21)11-17(16)22/h2-8,11,13H,9-10,12H2,1H3,(H,23,26)(H,24,27). The molecular weight excluding hydrogens is 403 g/mol. The van der Waals surface area contributed by atoms with E-state index in [4.69, 9.17) is 27.9 Å². The second-order valence-corrected chi connectivity index (χ2v) is 6.81. The van der Waals surface area contributed by atoms with Gasteiger partial charge in [-0.05, 0) is 37.1 Å². The molecule has 0 spiro atoms. The third kappa shape index (κ3) is 6.87. The van der Waals surface area contributed by atoms with Crippen molar-refractivity contribution in [3.05, 3.63) is 69.7 Å². The highest BCUT2D eigenvalue weighted by Gasteiger charge is 2.18. The van der Waals surface area contributed by atoms with Crippen LogP contribution in [0.2, 0.25) is 10.0 Å². The second-order valence-electron chi connectivity index (χ2n) is 5.97. The van der Waals surface area contributed by atoms with Crippen molar-refractivity contribution in [3.63, 3.8) is 0 Å². The van der Waals surface area contributed by atoms with E-state index in [1.807, 2.05) is 30.3 Å². The molecule has 1 atom stereocenters. The number of rotatable bonds is 8. The summed E-state index contributed by atoms with van der Waals surface area (Å²) in [5, 5.41) is 5.67. The van der Waals surface area contributed by atoms with Crippen LogP contribution in [-0.2, 0) is 20.7 Å². The first kappa shape index (κ1) is 21.7. The number of esters is 1. The maximum atomic E-state index is 12.1. The summed E-state index contributed by atoms with van der Waals surface area (Å²) in [7, 11) is 0. The number of hydrogen-bond acceptors (Lipinski definition) is 4. The van der Waals surface area contributed by atoms with E-state index in [1.165, 1.54) is 25.1 Å². The van der Waals surface area contributed by atoms with E-state index in [0.29, 0.717) is 18.0 Å². The van der Waals surface area contributed by atoms with Gasteiger partial charge in [0.15, 0.2) is 6.10 Å². The van der Waals surface area contributed by atoms with Gasteiger partial charge in [-0.3, -0.25) is 14.4 Å². The number of hydrogen-bond donors (Lipinski definition) is 2. The lowest BCUT2D eigenvalue weighted by molar-refractivity contribution is -0.153. The van der Waals surface area contributed by atoms with Gasteiger partial charge in [0.25, 0.3) is 11.8 Å². The van der Waals surface area contributed by atoms with E-state index >= 15 is 0 Å². The molecule has 2 amide bonds. The molecule has 0 aliphatic heterocycles. The summed E-state index contributed by atoms with van der Waals surface area (Å²) in [6.07, 6.45) is -0.301. The summed E-state index contributed by atoms with van der Waals surface area (Å²) >= 11 is 11.7. The monoisotopic (exact) mass is 422 g/mol. The molecule has 2 aromatic rings. The maximum absolute atomic E-state index is 12.1. The number of carbonyl (C=O) groups excluding carboxylic acids is 3. The highest BCUT2D eigenvalue weighted by molar-refractivity contribution is 6.36. The SMILES string of the molecule is CC(OC(=O)CNC(=O)c1ccc(Cl)cc1Cl)C(=O)NCCc1ccccc1. The topological polar surface area (TPSA) is 84.5 Å². The van der Waals surface area contributed by atoms with Crippen LogP contribution in [0.3, 0.4) is 0 Å². The van der Waals surface area contributed by atoms with Crippen LogP contribution in [0, 0.1) is 0 Å². The predicted octanol–water partition coefficient (Wildman–Crippen LogP) is 3.01. The number of ether oxygens (including phenoxy) is 1. The van der Waals surface area contributed by atoms with Crippen LogP contribution < -0.4 is 10.6 Å². The first-order valence-electron chi connectivity index (χ1n) is 8.61. The lowest BCUT2D eigenvalue weighted by atomic mass is 10.1. The Balaban J connectivity index is 1.72. The Hall–Kier alpha value is -2.57. The van der Waals surface area contributed by atoms with Gasteiger partial charge in [-0.15, -0.1) is 0 Å². The average molecular weight is 423 g/mol. The molecule has 2 N–H and O–H groups in total. The minimum atomic E-state index is -0.973. The Morgan fingerprint density at radius 3 is 2.43 bits per heavy atom. The molecule has 0 saturated carbocycles. The summed E-state index contributed by atoms with van der Waals surface area (Å²) in [4.78, 5) is 35.9. The molecule has 2 rings (SSSR count). The fourth-order valence-corrected chi connectivity index (χ4v) is 2.83. The van der Waals surface area contributed by atoms with Gasteiger partial charge in [0.05, 0.1) is 10.6 Å². The molecule has 8 heteroatoms. The summed E-state index contributed by atoms with van der Waals surface area (Å²) in [6, 6.07) is 14.1. The van der Waals surface area contributed by atoms with Crippen molar-refractivity contribution >= 4 is 41.0 Å². The maximum Gasteiger partial charge on any atom is 0.326 e. The van der Waals surface area contributed by atoms with Crippen molar-refractivity contribution in [1.29, 1.82) is 0 Å².